The fourth-order valence-electron chi connectivity index (χ4n) is 1.39. The van der Waals surface area contributed by atoms with E-state index >= 15 is 0 Å². The Morgan fingerprint density at radius 1 is 1.50 bits per heavy atom. The SMILES string of the molecule is O=c1c(I)c(Cl)ncn1Cc1ccc(Br)cc1F. The Kier molecular flexibility index (Phi) is 4.39. The maximum atomic E-state index is 13.7. The summed E-state index contributed by atoms with van der Waals surface area (Å²) in [4.78, 5) is 15.7. The predicted molar refractivity (Wildman–Crippen MR) is 79.4 cm³/mol. The van der Waals surface area contributed by atoms with Crippen LogP contribution in [0.3, 0.4) is 0 Å². The third kappa shape index (κ3) is 2.92. The summed E-state index contributed by atoms with van der Waals surface area (Å²) in [6.07, 6.45) is 1.31. The lowest BCUT2D eigenvalue weighted by Gasteiger charge is -2.07. The maximum absolute atomic E-state index is 13.7. The first-order valence-electron chi connectivity index (χ1n) is 4.83. The Hall–Kier alpha value is -0.470. The lowest BCUT2D eigenvalue weighted by molar-refractivity contribution is 0.593. The number of benzene rings is 1. The van der Waals surface area contributed by atoms with E-state index in [9.17, 15) is 9.18 Å². The highest BCUT2D eigenvalue weighted by atomic mass is 127. The van der Waals surface area contributed by atoms with Crippen LogP contribution in [-0.4, -0.2) is 9.55 Å². The molecule has 0 N–H and O–H groups in total. The van der Waals surface area contributed by atoms with E-state index in [1.807, 2.05) is 22.6 Å². The fraction of sp³-hybridized carbons (Fsp3) is 0.0909. The Morgan fingerprint density at radius 2 is 2.22 bits per heavy atom. The molecule has 0 aliphatic rings. The van der Waals surface area contributed by atoms with Gasteiger partial charge in [-0.15, -0.1) is 0 Å². The molecular weight excluding hydrogens is 437 g/mol. The van der Waals surface area contributed by atoms with Gasteiger partial charge in [-0.05, 0) is 34.7 Å². The molecular formula is C11H6BrClFIN2O. The number of halogens is 4. The van der Waals surface area contributed by atoms with Crippen molar-refractivity contribution in [3.8, 4) is 0 Å². The molecule has 1 aromatic heterocycles. The smallest absolute Gasteiger partial charge is 0.268 e. The van der Waals surface area contributed by atoms with Crippen LogP contribution < -0.4 is 5.56 Å². The number of hydrogen-bond acceptors (Lipinski definition) is 2. The number of nitrogens with zero attached hydrogens (tertiary/aromatic N) is 2. The van der Waals surface area contributed by atoms with E-state index in [-0.39, 0.29) is 23.1 Å². The second-order valence-corrected chi connectivity index (χ2v) is 5.87. The summed E-state index contributed by atoms with van der Waals surface area (Å²) in [7, 11) is 0. The van der Waals surface area contributed by atoms with E-state index in [1.165, 1.54) is 17.0 Å². The van der Waals surface area contributed by atoms with Gasteiger partial charge in [0.2, 0.25) is 0 Å². The van der Waals surface area contributed by atoms with Crippen LogP contribution in [0.1, 0.15) is 5.56 Å². The molecule has 0 radical (unpaired) electrons. The fourth-order valence-corrected chi connectivity index (χ4v) is 2.30. The van der Waals surface area contributed by atoms with Crippen LogP contribution in [0.2, 0.25) is 5.15 Å². The third-order valence-corrected chi connectivity index (χ3v) is 4.37. The van der Waals surface area contributed by atoms with Crippen molar-refractivity contribution < 1.29 is 4.39 Å². The van der Waals surface area contributed by atoms with E-state index in [2.05, 4.69) is 20.9 Å². The van der Waals surface area contributed by atoms with Gasteiger partial charge in [0.25, 0.3) is 5.56 Å². The number of hydrogen-bond donors (Lipinski definition) is 0. The maximum Gasteiger partial charge on any atom is 0.268 e. The molecule has 2 rings (SSSR count). The molecule has 94 valence electrons. The summed E-state index contributed by atoms with van der Waals surface area (Å²) >= 11 is 10.7. The van der Waals surface area contributed by atoms with Crippen LogP contribution in [0.25, 0.3) is 0 Å². The molecule has 0 aliphatic carbocycles. The van der Waals surface area contributed by atoms with E-state index < -0.39 is 0 Å². The second kappa shape index (κ2) is 5.66. The van der Waals surface area contributed by atoms with E-state index in [0.29, 0.717) is 13.6 Å². The highest BCUT2D eigenvalue weighted by Gasteiger charge is 2.09. The summed E-state index contributed by atoms with van der Waals surface area (Å²) < 4.78 is 16.0. The van der Waals surface area contributed by atoms with Crippen molar-refractivity contribution in [3.05, 3.63) is 59.5 Å². The molecule has 7 heteroatoms. The van der Waals surface area contributed by atoms with Crippen LogP contribution in [-0.2, 0) is 6.54 Å². The van der Waals surface area contributed by atoms with Crippen molar-refractivity contribution >= 4 is 50.1 Å². The first kappa shape index (κ1) is 14.0. The van der Waals surface area contributed by atoms with Gasteiger partial charge in [0.05, 0.1) is 12.9 Å². The molecule has 0 amide bonds. The molecule has 18 heavy (non-hydrogen) atoms. The van der Waals surface area contributed by atoms with Gasteiger partial charge in [-0.1, -0.05) is 33.6 Å². The summed E-state index contributed by atoms with van der Waals surface area (Å²) in [5.74, 6) is -0.374. The average Bonchev–Trinajstić information content (AvgIpc) is 2.33. The minimum atomic E-state index is -0.374. The average molecular weight is 443 g/mol. The van der Waals surface area contributed by atoms with Gasteiger partial charge in [-0.2, -0.15) is 0 Å². The zero-order valence-electron chi connectivity index (χ0n) is 8.83. The quantitative estimate of drug-likeness (QED) is 0.527. The Labute approximate surface area is 129 Å². The van der Waals surface area contributed by atoms with Crippen LogP contribution in [0.4, 0.5) is 4.39 Å². The van der Waals surface area contributed by atoms with Gasteiger partial charge in [-0.25, -0.2) is 9.37 Å². The normalized spacial score (nSPS) is 10.7. The summed E-state index contributed by atoms with van der Waals surface area (Å²) in [5.41, 5.74) is 0.137. The Bertz CT molecular complexity index is 662. The summed E-state index contributed by atoms with van der Waals surface area (Å²) in [6.45, 7) is 0.123. The minimum Gasteiger partial charge on any atom is -0.294 e. The lowest BCUT2D eigenvalue weighted by atomic mass is 10.2. The molecule has 0 fully saturated rings. The van der Waals surface area contributed by atoms with Crippen molar-refractivity contribution in [1.29, 1.82) is 0 Å². The van der Waals surface area contributed by atoms with Crippen LogP contribution in [0.15, 0.2) is 33.8 Å². The molecule has 0 bridgehead atoms. The van der Waals surface area contributed by atoms with E-state index in [1.54, 1.807) is 12.1 Å². The molecule has 0 saturated heterocycles. The first-order valence-corrected chi connectivity index (χ1v) is 7.08. The van der Waals surface area contributed by atoms with Gasteiger partial charge in [0.15, 0.2) is 0 Å². The predicted octanol–water partition coefficient (Wildman–Crippen LogP) is 3.45. The highest BCUT2D eigenvalue weighted by molar-refractivity contribution is 14.1. The summed E-state index contributed by atoms with van der Waals surface area (Å²) in [5, 5.41) is 0.160. The molecule has 0 spiro atoms. The van der Waals surface area contributed by atoms with Crippen LogP contribution in [0.5, 0.6) is 0 Å². The molecule has 1 heterocycles. The molecule has 0 atom stereocenters. The first-order chi connectivity index (χ1) is 8.49. The van der Waals surface area contributed by atoms with Crippen LogP contribution >= 0.6 is 50.1 Å². The van der Waals surface area contributed by atoms with Crippen molar-refractivity contribution in [2.75, 3.05) is 0 Å². The van der Waals surface area contributed by atoms with Gasteiger partial charge in [0, 0.05) is 10.0 Å². The van der Waals surface area contributed by atoms with Gasteiger partial charge < -0.3 is 0 Å². The zero-order valence-corrected chi connectivity index (χ0v) is 13.3. The molecule has 1 aromatic carbocycles. The topological polar surface area (TPSA) is 34.9 Å². The number of aromatic nitrogens is 2. The van der Waals surface area contributed by atoms with Crippen molar-refractivity contribution in [2.45, 2.75) is 6.54 Å². The van der Waals surface area contributed by atoms with Gasteiger partial charge in [0.1, 0.15) is 14.5 Å². The third-order valence-electron chi connectivity index (χ3n) is 2.30. The van der Waals surface area contributed by atoms with Crippen molar-refractivity contribution in [2.24, 2.45) is 0 Å². The van der Waals surface area contributed by atoms with Gasteiger partial charge >= 0.3 is 0 Å². The van der Waals surface area contributed by atoms with Gasteiger partial charge in [-0.3, -0.25) is 9.36 Å². The van der Waals surface area contributed by atoms with Crippen LogP contribution in [0, 0.1) is 9.39 Å². The monoisotopic (exact) mass is 442 g/mol. The summed E-state index contributed by atoms with van der Waals surface area (Å²) in [6, 6.07) is 4.69. The Balaban J connectivity index is 2.41. The standard InChI is InChI=1S/C11H6BrClFIN2O/c12-7-2-1-6(8(14)3-7)4-17-5-16-10(13)9(15)11(17)18/h1-3,5H,4H2. The molecule has 0 saturated carbocycles. The number of rotatable bonds is 2. The second-order valence-electron chi connectivity index (χ2n) is 3.52. The van der Waals surface area contributed by atoms with Crippen molar-refractivity contribution in [3.63, 3.8) is 0 Å². The largest absolute Gasteiger partial charge is 0.294 e. The lowest BCUT2D eigenvalue weighted by Crippen LogP contribution is -2.24. The minimum absolute atomic E-state index is 0.123. The van der Waals surface area contributed by atoms with E-state index in [4.69, 9.17) is 11.6 Å². The Morgan fingerprint density at radius 3 is 2.89 bits per heavy atom. The van der Waals surface area contributed by atoms with Crippen molar-refractivity contribution in [1.82, 2.24) is 9.55 Å². The molecule has 0 aliphatic heterocycles. The molecule has 3 nitrogen and oxygen atoms in total. The zero-order chi connectivity index (χ0) is 13.3. The molecule has 0 unspecified atom stereocenters. The van der Waals surface area contributed by atoms with E-state index in [0.717, 1.165) is 0 Å². The highest BCUT2D eigenvalue weighted by Crippen LogP contribution is 2.16. The molecule has 2 aromatic rings.